The van der Waals surface area contributed by atoms with E-state index >= 15 is 0 Å². The molecule has 2 amide bonds. The van der Waals surface area contributed by atoms with Crippen LogP contribution in [-0.2, 0) is 16.0 Å². The van der Waals surface area contributed by atoms with Gasteiger partial charge < -0.3 is 15.6 Å². The summed E-state index contributed by atoms with van der Waals surface area (Å²) in [6.45, 7) is 3.59. The van der Waals surface area contributed by atoms with E-state index in [2.05, 4.69) is 15.6 Å². The summed E-state index contributed by atoms with van der Waals surface area (Å²) < 4.78 is 26.3. The summed E-state index contributed by atoms with van der Waals surface area (Å²) in [6.07, 6.45) is 0.374. The van der Waals surface area contributed by atoms with Gasteiger partial charge in [0.05, 0.1) is 11.2 Å². The van der Waals surface area contributed by atoms with Crippen LogP contribution in [0.5, 0.6) is 0 Å². The van der Waals surface area contributed by atoms with Crippen LogP contribution in [0.4, 0.5) is 14.5 Å². The van der Waals surface area contributed by atoms with Crippen LogP contribution in [0.15, 0.2) is 41.3 Å². The number of carbonyl (C=O) groups excluding carboxylic acids is 2. The van der Waals surface area contributed by atoms with Crippen LogP contribution in [-0.4, -0.2) is 28.1 Å². The van der Waals surface area contributed by atoms with Crippen LogP contribution in [0.2, 0.25) is 0 Å². The number of nitrogens with one attached hydrogen (secondary N) is 3. The van der Waals surface area contributed by atoms with Gasteiger partial charge in [0.25, 0.3) is 0 Å². The predicted molar refractivity (Wildman–Crippen MR) is 109 cm³/mol. The second-order valence-electron chi connectivity index (χ2n) is 7.13. The average molecular weight is 415 g/mol. The molecule has 8 heteroatoms. The fraction of sp³-hybridized carbons (Fsp3) is 0.238. The molecule has 0 saturated heterocycles. The van der Waals surface area contributed by atoms with Gasteiger partial charge in [-0.3, -0.25) is 9.59 Å². The van der Waals surface area contributed by atoms with Crippen molar-refractivity contribution in [2.24, 2.45) is 0 Å². The smallest absolute Gasteiger partial charge is 0.250 e. The van der Waals surface area contributed by atoms with Crippen molar-refractivity contribution >= 4 is 40.2 Å². The van der Waals surface area contributed by atoms with Gasteiger partial charge in [-0.25, -0.2) is 8.78 Å². The van der Waals surface area contributed by atoms with Crippen molar-refractivity contribution in [2.75, 3.05) is 11.9 Å². The van der Waals surface area contributed by atoms with Gasteiger partial charge >= 0.3 is 0 Å². The number of carbonyl (C=O) groups is 2. The van der Waals surface area contributed by atoms with Gasteiger partial charge in [0.15, 0.2) is 4.75 Å². The molecule has 5 nitrogen and oxygen atoms in total. The topological polar surface area (TPSA) is 74.0 Å². The third-order valence-corrected chi connectivity index (χ3v) is 6.48. The SMILES string of the molecule is Cc1[nH]c2c(F)cc(F)cc2c1CCNC(=O)C1(C)Sc2ccccc2NC1=O. The zero-order chi connectivity index (χ0) is 20.8. The van der Waals surface area contributed by atoms with Gasteiger partial charge in [0, 0.05) is 28.6 Å². The summed E-state index contributed by atoms with van der Waals surface area (Å²) >= 11 is 1.20. The lowest BCUT2D eigenvalue weighted by molar-refractivity contribution is -0.129. The molecule has 2 aromatic carbocycles. The minimum absolute atomic E-state index is 0.232. The van der Waals surface area contributed by atoms with Crippen molar-refractivity contribution < 1.29 is 18.4 Å². The Hall–Kier alpha value is -2.87. The molecule has 3 aromatic rings. The molecule has 1 aliphatic heterocycles. The monoisotopic (exact) mass is 415 g/mol. The standard InChI is InChI=1S/C21H19F2N3O2S/c1-11-13(14-9-12(22)10-15(23)18(14)25-11)7-8-24-19(27)21(2)20(28)26-16-5-3-4-6-17(16)29-21/h3-6,9-10,25H,7-8H2,1-2H3,(H,24,27)(H,26,28). The van der Waals surface area contributed by atoms with E-state index < -0.39 is 22.3 Å². The van der Waals surface area contributed by atoms with E-state index in [1.165, 1.54) is 17.8 Å². The number of H-pyrrole nitrogens is 1. The number of halogens is 2. The first-order valence-electron chi connectivity index (χ1n) is 9.13. The Labute approximate surface area is 170 Å². The Bertz CT molecular complexity index is 1140. The van der Waals surface area contributed by atoms with Crippen molar-refractivity contribution in [1.29, 1.82) is 0 Å². The zero-order valence-corrected chi connectivity index (χ0v) is 16.7. The Morgan fingerprint density at radius 3 is 2.79 bits per heavy atom. The molecule has 1 aromatic heterocycles. The molecule has 1 aliphatic rings. The number of benzene rings is 2. The Morgan fingerprint density at radius 1 is 1.24 bits per heavy atom. The lowest BCUT2D eigenvalue weighted by atomic mass is 10.1. The fourth-order valence-corrected chi connectivity index (χ4v) is 4.64. The van der Waals surface area contributed by atoms with E-state index in [0.717, 1.165) is 16.5 Å². The molecular weight excluding hydrogens is 396 g/mol. The van der Waals surface area contributed by atoms with Gasteiger partial charge in [-0.1, -0.05) is 23.9 Å². The predicted octanol–water partition coefficient (Wildman–Crippen LogP) is 3.92. The highest BCUT2D eigenvalue weighted by molar-refractivity contribution is 8.02. The Morgan fingerprint density at radius 2 is 2.00 bits per heavy atom. The van der Waals surface area contributed by atoms with Crippen LogP contribution in [0, 0.1) is 18.6 Å². The normalized spacial score (nSPS) is 18.4. The summed E-state index contributed by atoms with van der Waals surface area (Å²) in [5.74, 6) is -2.10. The molecular formula is C21H19F2N3O2S. The maximum atomic E-state index is 14.0. The van der Waals surface area contributed by atoms with Gasteiger partial charge in [-0.2, -0.15) is 0 Å². The quantitative estimate of drug-likeness (QED) is 0.566. The largest absolute Gasteiger partial charge is 0.356 e. The third-order valence-electron chi connectivity index (χ3n) is 5.12. The highest BCUT2D eigenvalue weighted by atomic mass is 32.2. The summed E-state index contributed by atoms with van der Waals surface area (Å²) in [6, 6.07) is 9.42. The average Bonchev–Trinajstić information content (AvgIpc) is 2.98. The number of aromatic amines is 1. The molecule has 0 fully saturated rings. The van der Waals surface area contributed by atoms with Crippen LogP contribution >= 0.6 is 11.8 Å². The van der Waals surface area contributed by atoms with E-state index in [4.69, 9.17) is 0 Å². The van der Waals surface area contributed by atoms with Gasteiger partial charge in [0.1, 0.15) is 11.6 Å². The van der Waals surface area contributed by atoms with Crippen LogP contribution in [0.1, 0.15) is 18.2 Å². The van der Waals surface area contributed by atoms with Crippen LogP contribution in [0.25, 0.3) is 10.9 Å². The van der Waals surface area contributed by atoms with Crippen LogP contribution < -0.4 is 10.6 Å². The molecule has 29 heavy (non-hydrogen) atoms. The van der Waals surface area contributed by atoms with E-state index in [-0.39, 0.29) is 18.0 Å². The number of amides is 2. The molecule has 0 radical (unpaired) electrons. The van der Waals surface area contributed by atoms with E-state index in [1.807, 2.05) is 18.2 Å². The molecule has 0 saturated carbocycles. The minimum Gasteiger partial charge on any atom is -0.356 e. The van der Waals surface area contributed by atoms with Crippen molar-refractivity contribution in [1.82, 2.24) is 10.3 Å². The Kier molecular flexibility index (Phi) is 4.82. The summed E-state index contributed by atoms with van der Waals surface area (Å²) in [5.41, 5.74) is 2.38. The van der Waals surface area contributed by atoms with Gasteiger partial charge in [-0.15, -0.1) is 0 Å². The molecule has 0 aliphatic carbocycles. The number of hydrogen-bond donors (Lipinski definition) is 3. The van der Waals surface area contributed by atoms with Crippen LogP contribution in [0.3, 0.4) is 0 Å². The van der Waals surface area contributed by atoms with Crippen molar-refractivity contribution in [3.05, 3.63) is 59.3 Å². The van der Waals surface area contributed by atoms with E-state index in [1.54, 1.807) is 19.9 Å². The number of aromatic nitrogens is 1. The summed E-state index contributed by atoms with van der Waals surface area (Å²) in [7, 11) is 0. The molecule has 0 spiro atoms. The zero-order valence-electron chi connectivity index (χ0n) is 15.9. The number of para-hydroxylation sites is 1. The number of hydrogen-bond acceptors (Lipinski definition) is 3. The fourth-order valence-electron chi connectivity index (χ4n) is 3.51. The minimum atomic E-state index is -1.30. The lowest BCUT2D eigenvalue weighted by Crippen LogP contribution is -2.52. The summed E-state index contributed by atoms with van der Waals surface area (Å²) in [5, 5.41) is 6.02. The molecule has 4 rings (SSSR count). The molecule has 150 valence electrons. The number of aryl methyl sites for hydroxylation is 1. The molecule has 2 heterocycles. The van der Waals surface area contributed by atoms with Crippen molar-refractivity contribution in [2.45, 2.75) is 29.9 Å². The van der Waals surface area contributed by atoms with Gasteiger partial charge in [-0.05, 0) is 44.0 Å². The molecule has 1 atom stereocenters. The molecule has 3 N–H and O–H groups in total. The summed E-state index contributed by atoms with van der Waals surface area (Å²) in [4.78, 5) is 29.1. The second-order valence-corrected chi connectivity index (χ2v) is 8.59. The first-order valence-corrected chi connectivity index (χ1v) is 9.95. The van der Waals surface area contributed by atoms with E-state index in [0.29, 0.717) is 23.2 Å². The highest BCUT2D eigenvalue weighted by Gasteiger charge is 2.45. The Balaban J connectivity index is 1.49. The lowest BCUT2D eigenvalue weighted by Gasteiger charge is -2.31. The number of anilines is 1. The maximum absolute atomic E-state index is 14.0. The van der Waals surface area contributed by atoms with Crippen molar-refractivity contribution in [3.63, 3.8) is 0 Å². The third kappa shape index (κ3) is 3.37. The number of thioether (sulfide) groups is 1. The maximum Gasteiger partial charge on any atom is 0.250 e. The first kappa shape index (κ1) is 19.4. The number of fused-ring (bicyclic) bond motifs is 2. The second kappa shape index (κ2) is 7.18. The highest BCUT2D eigenvalue weighted by Crippen LogP contribution is 2.42. The van der Waals surface area contributed by atoms with E-state index in [9.17, 15) is 18.4 Å². The molecule has 0 bridgehead atoms. The molecule has 1 unspecified atom stereocenters. The first-order chi connectivity index (χ1) is 13.8. The van der Waals surface area contributed by atoms with Gasteiger partial charge in [0.2, 0.25) is 11.8 Å². The van der Waals surface area contributed by atoms with Crippen molar-refractivity contribution in [3.8, 4) is 0 Å². The number of rotatable bonds is 4.